The number of carboxylic acids is 1. The zero-order chi connectivity index (χ0) is 15.2. The van der Waals surface area contributed by atoms with E-state index in [0.29, 0.717) is 18.0 Å². The molecule has 1 aromatic rings. The molecule has 7 heteroatoms. The van der Waals surface area contributed by atoms with E-state index in [1.54, 1.807) is 16.6 Å². The van der Waals surface area contributed by atoms with Gasteiger partial charge in [-0.05, 0) is 43.0 Å². The molecular weight excluding hydrogens is 310 g/mol. The minimum absolute atomic E-state index is 0.00576. The van der Waals surface area contributed by atoms with Crippen molar-refractivity contribution in [3.8, 4) is 0 Å². The lowest BCUT2D eigenvalue weighted by Gasteiger charge is -2.31. The number of hydrogen-bond acceptors (Lipinski definition) is 4. The smallest absolute Gasteiger partial charge is 0.347 e. The average molecular weight is 329 g/mol. The van der Waals surface area contributed by atoms with Gasteiger partial charge in [-0.3, -0.25) is 0 Å². The lowest BCUT2D eigenvalue weighted by atomic mass is 9.86. The first-order valence-corrected chi connectivity index (χ1v) is 9.58. The molecule has 1 N–H and O–H groups in total. The predicted octanol–water partition coefficient (Wildman–Crippen LogP) is 2.71. The van der Waals surface area contributed by atoms with Crippen LogP contribution in [0.3, 0.4) is 0 Å². The van der Waals surface area contributed by atoms with Crippen LogP contribution in [0.4, 0.5) is 0 Å². The van der Waals surface area contributed by atoms with E-state index in [-0.39, 0.29) is 15.8 Å². The van der Waals surface area contributed by atoms with Gasteiger partial charge in [0.05, 0.1) is 0 Å². The van der Waals surface area contributed by atoms with Gasteiger partial charge < -0.3 is 5.11 Å². The normalized spacial score (nSPS) is 26.7. The zero-order valence-corrected chi connectivity index (χ0v) is 13.5. The van der Waals surface area contributed by atoms with E-state index in [1.807, 2.05) is 0 Å². The molecule has 0 bridgehead atoms. The third-order valence-corrected chi connectivity index (χ3v) is 7.97. The highest BCUT2D eigenvalue weighted by molar-refractivity contribution is 7.89. The molecule has 2 atom stereocenters. The number of sulfonamides is 1. The van der Waals surface area contributed by atoms with Gasteiger partial charge in [-0.1, -0.05) is 12.8 Å². The zero-order valence-electron chi connectivity index (χ0n) is 11.9. The molecule has 3 rings (SSSR count). The van der Waals surface area contributed by atoms with Crippen LogP contribution in [0.15, 0.2) is 10.3 Å². The van der Waals surface area contributed by atoms with E-state index < -0.39 is 16.0 Å². The van der Waals surface area contributed by atoms with Gasteiger partial charge in [0.25, 0.3) is 0 Å². The molecule has 0 aromatic carbocycles. The highest BCUT2D eigenvalue weighted by Gasteiger charge is 2.44. The van der Waals surface area contributed by atoms with Gasteiger partial charge in [0.1, 0.15) is 9.77 Å². The van der Waals surface area contributed by atoms with Crippen LogP contribution in [0, 0.1) is 12.8 Å². The van der Waals surface area contributed by atoms with Crippen molar-refractivity contribution in [2.24, 2.45) is 5.92 Å². The highest BCUT2D eigenvalue weighted by atomic mass is 32.2. The van der Waals surface area contributed by atoms with Crippen molar-refractivity contribution < 1.29 is 18.3 Å². The van der Waals surface area contributed by atoms with Crippen molar-refractivity contribution in [1.82, 2.24) is 4.31 Å². The summed E-state index contributed by atoms with van der Waals surface area (Å²) in [5, 5.41) is 10.9. The Labute approximate surface area is 128 Å². The lowest BCUT2D eigenvalue weighted by Crippen LogP contribution is -2.39. The topological polar surface area (TPSA) is 74.7 Å². The molecule has 2 heterocycles. The number of carboxylic acid groups (broad SMARTS) is 1. The minimum atomic E-state index is -3.71. The number of aromatic carboxylic acids is 1. The Morgan fingerprint density at radius 1 is 1.33 bits per heavy atom. The number of aryl methyl sites for hydroxylation is 1. The van der Waals surface area contributed by atoms with Crippen molar-refractivity contribution in [2.45, 2.75) is 50.0 Å². The van der Waals surface area contributed by atoms with Crippen LogP contribution in [-0.2, 0) is 10.0 Å². The summed E-state index contributed by atoms with van der Waals surface area (Å²) in [5.74, 6) is -0.716. The van der Waals surface area contributed by atoms with Gasteiger partial charge >= 0.3 is 5.97 Å². The first kappa shape index (κ1) is 15.0. The van der Waals surface area contributed by atoms with Crippen LogP contribution in [0.1, 0.15) is 47.3 Å². The Morgan fingerprint density at radius 3 is 2.76 bits per heavy atom. The maximum Gasteiger partial charge on any atom is 0.347 e. The number of rotatable bonds is 3. The van der Waals surface area contributed by atoms with E-state index in [0.717, 1.165) is 37.0 Å². The summed E-state index contributed by atoms with van der Waals surface area (Å²) in [4.78, 5) is 11.2. The third kappa shape index (κ3) is 2.41. The Morgan fingerprint density at radius 2 is 2.05 bits per heavy atom. The minimum Gasteiger partial charge on any atom is -0.477 e. The predicted molar refractivity (Wildman–Crippen MR) is 80.3 cm³/mol. The number of fused-ring (bicyclic) bond motifs is 1. The van der Waals surface area contributed by atoms with Gasteiger partial charge in [-0.25, -0.2) is 13.2 Å². The maximum atomic E-state index is 13.0. The summed E-state index contributed by atoms with van der Waals surface area (Å²) in [6.45, 7) is 2.19. The summed E-state index contributed by atoms with van der Waals surface area (Å²) < 4.78 is 27.5. The highest BCUT2D eigenvalue weighted by Crippen LogP contribution is 2.41. The third-order valence-electron chi connectivity index (χ3n) is 4.64. The molecule has 0 amide bonds. The van der Waals surface area contributed by atoms with Gasteiger partial charge in [0.15, 0.2) is 0 Å². The molecule has 5 nitrogen and oxygen atoms in total. The molecule has 1 aliphatic carbocycles. The monoisotopic (exact) mass is 329 g/mol. The van der Waals surface area contributed by atoms with E-state index in [9.17, 15) is 18.3 Å². The quantitative estimate of drug-likeness (QED) is 0.925. The molecule has 116 valence electrons. The second-order valence-electron chi connectivity index (χ2n) is 5.90. The largest absolute Gasteiger partial charge is 0.477 e. The second-order valence-corrected chi connectivity index (χ2v) is 8.61. The fraction of sp³-hybridized carbons (Fsp3) is 0.643. The van der Waals surface area contributed by atoms with Crippen LogP contribution in [-0.4, -0.2) is 36.4 Å². The first-order chi connectivity index (χ1) is 9.93. The molecule has 1 aromatic heterocycles. The van der Waals surface area contributed by atoms with Crippen molar-refractivity contribution in [1.29, 1.82) is 0 Å². The fourth-order valence-corrected chi connectivity index (χ4v) is 7.00. The van der Waals surface area contributed by atoms with E-state index in [4.69, 9.17) is 0 Å². The van der Waals surface area contributed by atoms with E-state index in [2.05, 4.69) is 0 Å². The standard InChI is InChI=1S/C14H19NO4S2/c1-9-8-20-12(14(16)17)13(9)21(18,19)15-7-6-10-4-2-3-5-11(10)15/h8,10-11H,2-7H2,1H3,(H,16,17). The second kappa shape index (κ2) is 5.37. The molecule has 0 spiro atoms. The van der Waals surface area contributed by atoms with Crippen molar-refractivity contribution >= 4 is 27.3 Å². The Bertz CT molecular complexity index is 665. The van der Waals surface area contributed by atoms with Crippen LogP contribution in [0.25, 0.3) is 0 Å². The summed E-state index contributed by atoms with van der Waals surface area (Å²) in [6.07, 6.45) is 5.12. The molecule has 1 aliphatic heterocycles. The summed E-state index contributed by atoms with van der Waals surface area (Å²) in [6, 6.07) is 0.0599. The number of carbonyl (C=O) groups is 1. The molecule has 1 saturated carbocycles. The molecular formula is C14H19NO4S2. The molecule has 2 unspecified atom stereocenters. The molecule has 0 radical (unpaired) electrons. The maximum absolute atomic E-state index is 13.0. The Kier molecular flexibility index (Phi) is 3.83. The number of thiophene rings is 1. The van der Waals surface area contributed by atoms with Gasteiger partial charge in [-0.15, -0.1) is 11.3 Å². The summed E-state index contributed by atoms with van der Waals surface area (Å²) >= 11 is 0.994. The van der Waals surface area contributed by atoms with Crippen molar-refractivity contribution in [3.05, 3.63) is 15.8 Å². The lowest BCUT2D eigenvalue weighted by molar-refractivity contribution is 0.0698. The Balaban J connectivity index is 2.01. The molecule has 21 heavy (non-hydrogen) atoms. The Hall–Kier alpha value is -0.920. The van der Waals surface area contributed by atoms with Crippen LogP contribution < -0.4 is 0 Å². The fourth-order valence-electron chi connectivity index (χ4n) is 3.68. The SMILES string of the molecule is Cc1csc(C(=O)O)c1S(=O)(=O)N1CCC2CCCCC21. The van der Waals surface area contributed by atoms with Crippen molar-refractivity contribution in [3.63, 3.8) is 0 Å². The van der Waals surface area contributed by atoms with Gasteiger partial charge in [-0.2, -0.15) is 4.31 Å². The molecule has 2 fully saturated rings. The van der Waals surface area contributed by atoms with Gasteiger partial charge in [0.2, 0.25) is 10.0 Å². The average Bonchev–Trinajstić information content (AvgIpc) is 3.02. The van der Waals surface area contributed by atoms with Crippen LogP contribution >= 0.6 is 11.3 Å². The number of hydrogen-bond donors (Lipinski definition) is 1. The summed E-state index contributed by atoms with van der Waals surface area (Å²) in [5.41, 5.74) is 0.539. The molecule has 2 aliphatic rings. The van der Waals surface area contributed by atoms with E-state index in [1.165, 1.54) is 6.42 Å². The molecule has 1 saturated heterocycles. The van der Waals surface area contributed by atoms with Crippen molar-refractivity contribution in [2.75, 3.05) is 6.54 Å². The summed E-state index contributed by atoms with van der Waals surface area (Å²) in [7, 11) is -3.71. The van der Waals surface area contributed by atoms with E-state index >= 15 is 0 Å². The number of nitrogens with zero attached hydrogens (tertiary/aromatic N) is 1. The van der Waals surface area contributed by atoms with Gasteiger partial charge in [0, 0.05) is 12.6 Å². The van der Waals surface area contributed by atoms with Crippen LogP contribution in [0.2, 0.25) is 0 Å². The first-order valence-electron chi connectivity index (χ1n) is 7.26. The van der Waals surface area contributed by atoms with Crippen LogP contribution in [0.5, 0.6) is 0 Å².